The lowest BCUT2D eigenvalue weighted by Gasteiger charge is -2.28. The van der Waals surface area contributed by atoms with E-state index in [4.69, 9.17) is 21.1 Å². The first-order chi connectivity index (χ1) is 16.4. The van der Waals surface area contributed by atoms with Crippen LogP contribution in [-0.4, -0.2) is 66.7 Å². The van der Waals surface area contributed by atoms with Crippen molar-refractivity contribution in [2.45, 2.75) is 30.7 Å². The first-order valence-corrected chi connectivity index (χ1v) is 14.4. The molecule has 1 fully saturated rings. The molecule has 3 rings (SSSR count). The number of ether oxygens (including phenoxy) is 2. The van der Waals surface area contributed by atoms with Crippen molar-refractivity contribution in [2.24, 2.45) is 0 Å². The minimum atomic E-state index is -3.91. The minimum Gasteiger partial charge on any atom is -0.495 e. The van der Waals surface area contributed by atoms with Crippen molar-refractivity contribution in [3.05, 3.63) is 41.4 Å². The van der Waals surface area contributed by atoms with Crippen molar-refractivity contribution in [3.63, 3.8) is 0 Å². The molecule has 0 unspecified atom stereocenters. The molecule has 1 aliphatic heterocycles. The maximum absolute atomic E-state index is 13.2. The van der Waals surface area contributed by atoms with Crippen molar-refractivity contribution in [2.75, 3.05) is 43.2 Å². The Hall–Kier alpha value is -2.54. The number of rotatable bonds is 9. The molecule has 0 radical (unpaired) electrons. The predicted octanol–water partition coefficient (Wildman–Crippen LogP) is 2.93. The van der Waals surface area contributed by atoms with E-state index in [1.54, 1.807) is 0 Å². The van der Waals surface area contributed by atoms with E-state index in [1.807, 2.05) is 0 Å². The molecule has 1 heterocycles. The van der Waals surface area contributed by atoms with Crippen molar-refractivity contribution >= 4 is 48.9 Å². The quantitative estimate of drug-likeness (QED) is 0.514. The molecule has 13 heteroatoms. The molecular weight excluding hydrogens is 518 g/mol. The van der Waals surface area contributed by atoms with Crippen LogP contribution in [0.15, 0.2) is 41.3 Å². The Morgan fingerprint density at radius 2 is 1.63 bits per heavy atom. The summed E-state index contributed by atoms with van der Waals surface area (Å²) in [5.74, 6) is -0.123. The summed E-state index contributed by atoms with van der Waals surface area (Å²) in [6, 6.07) is 7.31. The third-order valence-electron chi connectivity index (χ3n) is 5.61. The van der Waals surface area contributed by atoms with E-state index in [9.17, 15) is 21.6 Å². The van der Waals surface area contributed by atoms with Gasteiger partial charge < -0.3 is 14.8 Å². The average molecular weight is 546 g/mol. The molecule has 0 saturated carbocycles. The molecule has 192 valence electrons. The number of sulfonamides is 2. The normalized spacial score (nSPS) is 15.5. The second-order valence-corrected chi connectivity index (χ2v) is 12.2. The van der Waals surface area contributed by atoms with E-state index in [-0.39, 0.29) is 27.0 Å². The number of hydrogen-bond donors (Lipinski definition) is 1. The Bertz CT molecular complexity index is 1310. The Morgan fingerprint density at radius 3 is 2.17 bits per heavy atom. The molecule has 1 aliphatic rings. The highest BCUT2D eigenvalue weighted by Gasteiger charge is 2.31. The fourth-order valence-corrected chi connectivity index (χ4v) is 6.82. The van der Waals surface area contributed by atoms with Crippen LogP contribution < -0.4 is 19.1 Å². The van der Waals surface area contributed by atoms with E-state index in [1.165, 1.54) is 61.8 Å². The molecule has 1 amide bonds. The number of benzene rings is 2. The van der Waals surface area contributed by atoms with Crippen molar-refractivity contribution in [1.82, 2.24) is 4.31 Å². The van der Waals surface area contributed by atoms with Gasteiger partial charge in [-0.2, -0.15) is 4.31 Å². The number of carbonyl (C=O) groups excluding carboxylic acids is 1. The highest BCUT2D eigenvalue weighted by atomic mass is 35.5. The number of nitrogens with zero attached hydrogens (tertiary/aromatic N) is 2. The van der Waals surface area contributed by atoms with Crippen LogP contribution >= 0.6 is 11.6 Å². The standard InChI is InChI=1S/C22H28ClN3O7S2/c1-15(26(34(4,28)29)16-7-9-20(32-2)18(23)13-16)22(27)24-19-14-17(8-10-21(19)33-3)35(30,31)25-11-5-6-12-25/h7-10,13-15H,5-6,11-12H2,1-4H3,(H,24,27)/t15-/m0/s1. The second-order valence-electron chi connectivity index (χ2n) is 8.02. The Kier molecular flexibility index (Phi) is 8.20. The van der Waals surface area contributed by atoms with Gasteiger partial charge in [0.2, 0.25) is 26.0 Å². The third kappa shape index (κ3) is 5.83. The van der Waals surface area contributed by atoms with Crippen molar-refractivity contribution in [1.29, 1.82) is 0 Å². The van der Waals surface area contributed by atoms with E-state index in [0.717, 1.165) is 23.4 Å². The van der Waals surface area contributed by atoms with Gasteiger partial charge in [-0.1, -0.05) is 11.6 Å². The molecule has 1 N–H and O–H groups in total. The highest BCUT2D eigenvalue weighted by molar-refractivity contribution is 7.92. The van der Waals surface area contributed by atoms with Crippen LogP contribution in [0.25, 0.3) is 0 Å². The van der Waals surface area contributed by atoms with E-state index < -0.39 is 32.0 Å². The molecule has 0 spiro atoms. The van der Waals surface area contributed by atoms with Gasteiger partial charge in [-0.05, 0) is 56.2 Å². The minimum absolute atomic E-state index is 0.00468. The summed E-state index contributed by atoms with van der Waals surface area (Å²) in [5, 5.41) is 2.79. The van der Waals surface area contributed by atoms with Gasteiger partial charge in [-0.3, -0.25) is 9.10 Å². The zero-order chi connectivity index (χ0) is 26.0. The van der Waals surface area contributed by atoms with Crippen LogP contribution in [0.2, 0.25) is 5.02 Å². The van der Waals surface area contributed by atoms with Crippen LogP contribution in [-0.2, 0) is 24.8 Å². The van der Waals surface area contributed by atoms with Crippen LogP contribution in [0.4, 0.5) is 11.4 Å². The zero-order valence-corrected chi connectivity index (χ0v) is 22.2. The van der Waals surface area contributed by atoms with Gasteiger partial charge in [0.1, 0.15) is 17.5 Å². The second kappa shape index (κ2) is 10.6. The molecule has 0 aromatic heterocycles. The lowest BCUT2D eigenvalue weighted by molar-refractivity contribution is -0.116. The smallest absolute Gasteiger partial charge is 0.248 e. The largest absolute Gasteiger partial charge is 0.495 e. The van der Waals surface area contributed by atoms with Gasteiger partial charge >= 0.3 is 0 Å². The first-order valence-electron chi connectivity index (χ1n) is 10.7. The number of anilines is 2. The fraction of sp³-hybridized carbons (Fsp3) is 0.409. The van der Waals surface area contributed by atoms with E-state index in [2.05, 4.69) is 5.32 Å². The topological polar surface area (TPSA) is 122 Å². The Labute approximate surface area is 210 Å². The predicted molar refractivity (Wildman–Crippen MR) is 134 cm³/mol. The number of halogens is 1. The summed E-state index contributed by atoms with van der Waals surface area (Å²) in [6.45, 7) is 2.27. The molecular formula is C22H28ClN3O7S2. The Balaban J connectivity index is 1.94. The van der Waals surface area contributed by atoms with Crippen LogP contribution in [0, 0.1) is 0 Å². The van der Waals surface area contributed by atoms with E-state index in [0.29, 0.717) is 18.8 Å². The lowest BCUT2D eigenvalue weighted by atomic mass is 10.2. The van der Waals surface area contributed by atoms with Crippen LogP contribution in [0.5, 0.6) is 11.5 Å². The van der Waals surface area contributed by atoms with Crippen LogP contribution in [0.1, 0.15) is 19.8 Å². The molecule has 0 aliphatic carbocycles. The molecule has 1 saturated heterocycles. The molecule has 35 heavy (non-hydrogen) atoms. The van der Waals surface area contributed by atoms with Gasteiger partial charge in [0.05, 0.1) is 41.8 Å². The van der Waals surface area contributed by atoms with Gasteiger partial charge in [-0.15, -0.1) is 0 Å². The number of nitrogens with one attached hydrogen (secondary N) is 1. The molecule has 2 aromatic carbocycles. The average Bonchev–Trinajstić information content (AvgIpc) is 3.34. The van der Waals surface area contributed by atoms with Crippen LogP contribution in [0.3, 0.4) is 0 Å². The van der Waals surface area contributed by atoms with Gasteiger partial charge in [0.15, 0.2) is 0 Å². The molecule has 10 nitrogen and oxygen atoms in total. The van der Waals surface area contributed by atoms with Gasteiger partial charge in [0, 0.05) is 13.1 Å². The summed E-state index contributed by atoms with van der Waals surface area (Å²) in [6.07, 6.45) is 2.54. The van der Waals surface area contributed by atoms with E-state index >= 15 is 0 Å². The van der Waals surface area contributed by atoms with Gasteiger partial charge in [0.25, 0.3) is 0 Å². The van der Waals surface area contributed by atoms with Crippen molar-refractivity contribution < 1.29 is 31.1 Å². The number of hydrogen-bond acceptors (Lipinski definition) is 7. The SMILES string of the molecule is COc1ccc(N([C@@H](C)C(=O)Nc2cc(S(=O)(=O)N3CCCC3)ccc2OC)S(C)(=O)=O)cc1Cl. The maximum atomic E-state index is 13.2. The number of methoxy groups -OCH3 is 2. The molecule has 0 bridgehead atoms. The third-order valence-corrected chi connectivity index (χ3v) is 9.04. The summed E-state index contributed by atoms with van der Waals surface area (Å²) in [7, 11) is -4.84. The lowest BCUT2D eigenvalue weighted by Crippen LogP contribution is -2.45. The summed E-state index contributed by atoms with van der Waals surface area (Å²) in [5.41, 5.74) is 0.268. The molecule has 1 atom stereocenters. The van der Waals surface area contributed by atoms with Gasteiger partial charge in [-0.25, -0.2) is 16.8 Å². The number of carbonyl (C=O) groups is 1. The highest BCUT2D eigenvalue weighted by Crippen LogP contribution is 2.33. The monoisotopic (exact) mass is 545 g/mol. The summed E-state index contributed by atoms with van der Waals surface area (Å²) >= 11 is 6.17. The fourth-order valence-electron chi connectivity index (χ4n) is 3.86. The summed E-state index contributed by atoms with van der Waals surface area (Å²) in [4.78, 5) is 13.2. The maximum Gasteiger partial charge on any atom is 0.248 e. The first kappa shape index (κ1) is 27.1. The zero-order valence-electron chi connectivity index (χ0n) is 19.8. The molecule has 2 aromatic rings. The number of amides is 1. The Morgan fingerprint density at radius 1 is 1.03 bits per heavy atom. The summed E-state index contributed by atoms with van der Waals surface area (Å²) < 4.78 is 63.9. The van der Waals surface area contributed by atoms with Crippen molar-refractivity contribution in [3.8, 4) is 11.5 Å².